The SMILES string of the molecule is CCCC(C)N(C)C(=O)C(C#N)C(C)C. The van der Waals surface area contributed by atoms with Crippen molar-refractivity contribution in [2.45, 2.75) is 46.6 Å². The van der Waals surface area contributed by atoms with Crippen LogP contribution in [0.25, 0.3) is 0 Å². The first-order chi connectivity index (χ1) is 6.95. The molecule has 0 bridgehead atoms. The maximum absolute atomic E-state index is 11.9. The van der Waals surface area contributed by atoms with E-state index in [1.165, 1.54) is 0 Å². The number of hydrogen-bond donors (Lipinski definition) is 0. The summed E-state index contributed by atoms with van der Waals surface area (Å²) in [6, 6.07) is 2.31. The van der Waals surface area contributed by atoms with Gasteiger partial charge in [-0.2, -0.15) is 5.26 Å². The van der Waals surface area contributed by atoms with Crippen molar-refractivity contribution >= 4 is 5.91 Å². The number of carbonyl (C=O) groups is 1. The third-order valence-corrected chi connectivity index (χ3v) is 2.79. The van der Waals surface area contributed by atoms with Crippen LogP contribution in [-0.4, -0.2) is 23.9 Å². The van der Waals surface area contributed by atoms with E-state index in [1.54, 1.807) is 11.9 Å². The molecule has 0 saturated heterocycles. The van der Waals surface area contributed by atoms with Gasteiger partial charge in [-0.15, -0.1) is 0 Å². The molecule has 0 aromatic heterocycles. The highest BCUT2D eigenvalue weighted by Gasteiger charge is 2.26. The maximum atomic E-state index is 11.9. The Hall–Kier alpha value is -1.04. The molecule has 2 atom stereocenters. The Labute approximate surface area is 93.1 Å². The minimum atomic E-state index is -0.505. The van der Waals surface area contributed by atoms with E-state index in [9.17, 15) is 4.79 Å². The van der Waals surface area contributed by atoms with E-state index in [-0.39, 0.29) is 17.9 Å². The van der Waals surface area contributed by atoms with Crippen molar-refractivity contribution in [3.05, 3.63) is 0 Å². The van der Waals surface area contributed by atoms with Crippen LogP contribution >= 0.6 is 0 Å². The van der Waals surface area contributed by atoms with Crippen molar-refractivity contribution < 1.29 is 4.79 Å². The molecule has 3 heteroatoms. The standard InChI is InChI=1S/C12H22N2O/c1-6-7-10(4)14(5)12(15)11(8-13)9(2)3/h9-11H,6-7H2,1-5H3. The molecule has 2 unspecified atom stereocenters. The Morgan fingerprint density at radius 3 is 2.27 bits per heavy atom. The van der Waals surface area contributed by atoms with Gasteiger partial charge in [0.1, 0.15) is 5.92 Å². The summed E-state index contributed by atoms with van der Waals surface area (Å²) in [4.78, 5) is 13.6. The van der Waals surface area contributed by atoms with E-state index in [2.05, 4.69) is 13.0 Å². The van der Waals surface area contributed by atoms with Gasteiger partial charge in [0.15, 0.2) is 0 Å². The molecule has 1 amide bonds. The minimum absolute atomic E-state index is 0.0477. The van der Waals surface area contributed by atoms with Crippen molar-refractivity contribution in [2.75, 3.05) is 7.05 Å². The highest BCUT2D eigenvalue weighted by atomic mass is 16.2. The van der Waals surface area contributed by atoms with E-state index in [0.717, 1.165) is 12.8 Å². The van der Waals surface area contributed by atoms with Gasteiger partial charge < -0.3 is 4.90 Å². The summed E-state index contributed by atoms with van der Waals surface area (Å²) < 4.78 is 0. The Bertz CT molecular complexity index is 242. The second-order valence-corrected chi connectivity index (χ2v) is 4.44. The summed E-state index contributed by atoms with van der Waals surface area (Å²) >= 11 is 0. The number of carbonyl (C=O) groups excluding carboxylic acids is 1. The fourth-order valence-electron chi connectivity index (χ4n) is 1.54. The van der Waals surface area contributed by atoms with Crippen LogP contribution in [0.4, 0.5) is 0 Å². The van der Waals surface area contributed by atoms with Crippen LogP contribution < -0.4 is 0 Å². The molecule has 0 aliphatic carbocycles. The lowest BCUT2D eigenvalue weighted by molar-refractivity contribution is -0.135. The zero-order chi connectivity index (χ0) is 12.0. The minimum Gasteiger partial charge on any atom is -0.342 e. The smallest absolute Gasteiger partial charge is 0.240 e. The van der Waals surface area contributed by atoms with Crippen LogP contribution in [-0.2, 0) is 4.79 Å². The molecule has 86 valence electrons. The summed E-state index contributed by atoms with van der Waals surface area (Å²) in [6.07, 6.45) is 2.04. The lowest BCUT2D eigenvalue weighted by Crippen LogP contribution is -2.40. The summed E-state index contributed by atoms with van der Waals surface area (Å²) in [7, 11) is 1.79. The number of amides is 1. The van der Waals surface area contributed by atoms with Gasteiger partial charge in [-0.25, -0.2) is 0 Å². The van der Waals surface area contributed by atoms with Crippen LogP contribution in [0.1, 0.15) is 40.5 Å². The molecule has 0 heterocycles. The second kappa shape index (κ2) is 6.44. The average molecular weight is 210 g/mol. The second-order valence-electron chi connectivity index (χ2n) is 4.44. The van der Waals surface area contributed by atoms with Crippen molar-refractivity contribution in [3.8, 4) is 6.07 Å². The van der Waals surface area contributed by atoms with Crippen LogP contribution in [0, 0.1) is 23.2 Å². The quantitative estimate of drug-likeness (QED) is 0.699. The fraction of sp³-hybridized carbons (Fsp3) is 0.833. The van der Waals surface area contributed by atoms with Gasteiger partial charge in [0.05, 0.1) is 6.07 Å². The number of rotatable bonds is 5. The predicted octanol–water partition coefficient (Wildman–Crippen LogP) is 2.43. The van der Waals surface area contributed by atoms with Gasteiger partial charge in [-0.05, 0) is 19.3 Å². The number of nitrogens with zero attached hydrogens (tertiary/aromatic N) is 2. The van der Waals surface area contributed by atoms with Crippen molar-refractivity contribution in [1.82, 2.24) is 4.90 Å². The van der Waals surface area contributed by atoms with Crippen LogP contribution in [0.3, 0.4) is 0 Å². The van der Waals surface area contributed by atoms with Crippen LogP contribution in [0.2, 0.25) is 0 Å². The topological polar surface area (TPSA) is 44.1 Å². The van der Waals surface area contributed by atoms with Gasteiger partial charge in [-0.3, -0.25) is 4.79 Å². The molecule has 0 aliphatic rings. The molecule has 0 fully saturated rings. The lowest BCUT2D eigenvalue weighted by Gasteiger charge is -2.27. The molecule has 0 spiro atoms. The Kier molecular flexibility index (Phi) is 6.00. The molecule has 3 nitrogen and oxygen atoms in total. The molecule has 0 radical (unpaired) electrons. The number of nitriles is 1. The number of hydrogen-bond acceptors (Lipinski definition) is 2. The zero-order valence-corrected chi connectivity index (χ0v) is 10.4. The lowest BCUT2D eigenvalue weighted by atomic mass is 9.95. The van der Waals surface area contributed by atoms with E-state index < -0.39 is 5.92 Å². The Morgan fingerprint density at radius 2 is 1.93 bits per heavy atom. The molecule has 0 N–H and O–H groups in total. The monoisotopic (exact) mass is 210 g/mol. The third kappa shape index (κ3) is 3.91. The largest absolute Gasteiger partial charge is 0.342 e. The van der Waals surface area contributed by atoms with Gasteiger partial charge in [0.25, 0.3) is 0 Å². The molecule has 0 rings (SSSR count). The summed E-state index contributed by atoms with van der Waals surface area (Å²) in [5.41, 5.74) is 0. The van der Waals surface area contributed by atoms with Crippen molar-refractivity contribution in [3.63, 3.8) is 0 Å². The van der Waals surface area contributed by atoms with Gasteiger partial charge in [-0.1, -0.05) is 27.2 Å². The van der Waals surface area contributed by atoms with E-state index in [4.69, 9.17) is 5.26 Å². The van der Waals surface area contributed by atoms with Crippen molar-refractivity contribution in [1.29, 1.82) is 5.26 Å². The first kappa shape index (κ1) is 14.0. The normalized spacial score (nSPS) is 14.5. The Morgan fingerprint density at radius 1 is 1.40 bits per heavy atom. The van der Waals surface area contributed by atoms with Crippen molar-refractivity contribution in [2.24, 2.45) is 11.8 Å². The van der Waals surface area contributed by atoms with Gasteiger partial charge in [0.2, 0.25) is 5.91 Å². The molecule has 15 heavy (non-hydrogen) atoms. The molecular formula is C12H22N2O. The molecule has 0 aliphatic heterocycles. The summed E-state index contributed by atoms with van der Waals surface area (Å²) in [5.74, 6) is -0.471. The summed E-state index contributed by atoms with van der Waals surface area (Å²) in [6.45, 7) is 7.93. The van der Waals surface area contributed by atoms with E-state index >= 15 is 0 Å². The van der Waals surface area contributed by atoms with Gasteiger partial charge in [0, 0.05) is 13.1 Å². The predicted molar refractivity (Wildman–Crippen MR) is 61.1 cm³/mol. The molecular weight excluding hydrogens is 188 g/mol. The first-order valence-corrected chi connectivity index (χ1v) is 5.61. The molecule has 0 aromatic rings. The maximum Gasteiger partial charge on any atom is 0.240 e. The zero-order valence-electron chi connectivity index (χ0n) is 10.4. The average Bonchev–Trinajstić information content (AvgIpc) is 2.17. The highest BCUT2D eigenvalue weighted by molar-refractivity contribution is 5.81. The highest BCUT2D eigenvalue weighted by Crippen LogP contribution is 2.15. The van der Waals surface area contributed by atoms with Crippen LogP contribution in [0.15, 0.2) is 0 Å². The van der Waals surface area contributed by atoms with Crippen LogP contribution in [0.5, 0.6) is 0 Å². The molecule has 0 aromatic carbocycles. The Balaban J connectivity index is 4.49. The fourth-order valence-corrected chi connectivity index (χ4v) is 1.54. The van der Waals surface area contributed by atoms with Gasteiger partial charge >= 0.3 is 0 Å². The molecule has 0 saturated carbocycles. The third-order valence-electron chi connectivity index (χ3n) is 2.79. The summed E-state index contributed by atoms with van der Waals surface area (Å²) in [5, 5.41) is 8.93. The van der Waals surface area contributed by atoms with E-state index in [1.807, 2.05) is 20.8 Å². The first-order valence-electron chi connectivity index (χ1n) is 5.61. The van der Waals surface area contributed by atoms with E-state index in [0.29, 0.717) is 0 Å².